The van der Waals surface area contributed by atoms with Gasteiger partial charge in [-0.15, -0.1) is 0 Å². The van der Waals surface area contributed by atoms with Crippen molar-refractivity contribution >= 4 is 34.9 Å². The molecule has 1 saturated heterocycles. The van der Waals surface area contributed by atoms with Crippen LogP contribution in [0.4, 0.5) is 16.2 Å². The molecular weight excluding hydrogens is 340 g/mol. The van der Waals surface area contributed by atoms with E-state index >= 15 is 0 Å². The first-order chi connectivity index (χ1) is 12.1. The highest BCUT2D eigenvalue weighted by molar-refractivity contribution is 6.30. The van der Waals surface area contributed by atoms with Gasteiger partial charge >= 0.3 is 6.03 Å². The molecule has 0 bridgehead atoms. The molecule has 0 radical (unpaired) electrons. The zero-order chi connectivity index (χ0) is 17.8. The van der Waals surface area contributed by atoms with Crippen LogP contribution >= 0.6 is 11.6 Å². The lowest BCUT2D eigenvalue weighted by Gasteiger charge is -2.18. The quantitative estimate of drug-likeness (QED) is 0.916. The Balaban J connectivity index is 1.60. The van der Waals surface area contributed by atoms with Gasteiger partial charge in [0.1, 0.15) is 6.54 Å². The smallest absolute Gasteiger partial charge is 0.325 e. The maximum atomic E-state index is 12.5. The zero-order valence-electron chi connectivity index (χ0n) is 13.3. The summed E-state index contributed by atoms with van der Waals surface area (Å²) in [5, 5.41) is 12.1. The number of halogens is 1. The molecule has 6 nitrogen and oxygen atoms in total. The molecule has 1 aliphatic rings. The molecular formula is C18H15ClN4O2. The summed E-state index contributed by atoms with van der Waals surface area (Å²) in [6, 6.07) is 15.4. The number of amides is 3. The van der Waals surface area contributed by atoms with Crippen molar-refractivity contribution in [1.29, 1.82) is 5.26 Å². The number of urea groups is 1. The Labute approximate surface area is 150 Å². The Kier molecular flexibility index (Phi) is 4.87. The minimum absolute atomic E-state index is 0.0318. The minimum Gasteiger partial charge on any atom is -0.325 e. The largest absolute Gasteiger partial charge is 0.325 e. The number of nitrogens with one attached hydrogen (secondary N) is 1. The van der Waals surface area contributed by atoms with Crippen molar-refractivity contribution in [2.75, 3.05) is 29.9 Å². The maximum absolute atomic E-state index is 12.5. The predicted octanol–water partition coefficient (Wildman–Crippen LogP) is 3.09. The van der Waals surface area contributed by atoms with E-state index in [1.165, 1.54) is 4.90 Å². The molecule has 0 unspecified atom stereocenters. The van der Waals surface area contributed by atoms with Gasteiger partial charge in [-0.25, -0.2) is 4.79 Å². The molecule has 25 heavy (non-hydrogen) atoms. The van der Waals surface area contributed by atoms with Crippen LogP contribution < -0.4 is 10.2 Å². The summed E-state index contributed by atoms with van der Waals surface area (Å²) in [6.45, 7) is 0.936. The molecule has 0 atom stereocenters. The van der Waals surface area contributed by atoms with Gasteiger partial charge in [-0.3, -0.25) is 9.69 Å². The summed E-state index contributed by atoms with van der Waals surface area (Å²) in [7, 11) is 0. The Morgan fingerprint density at radius 1 is 1.20 bits per heavy atom. The van der Waals surface area contributed by atoms with E-state index in [1.807, 2.05) is 12.1 Å². The molecule has 2 aromatic carbocycles. The van der Waals surface area contributed by atoms with E-state index in [9.17, 15) is 9.59 Å². The standard InChI is InChI=1S/C18H15ClN4O2/c19-14-2-1-3-16(10-14)23-9-8-22(18(23)25)12-17(24)21-15-6-4-13(11-20)5-7-15/h1-7,10H,8-9,12H2,(H,21,24). The van der Waals surface area contributed by atoms with E-state index in [2.05, 4.69) is 5.32 Å². The fraction of sp³-hybridized carbons (Fsp3) is 0.167. The molecule has 0 spiro atoms. The fourth-order valence-corrected chi connectivity index (χ4v) is 2.80. The Bertz CT molecular complexity index is 845. The van der Waals surface area contributed by atoms with E-state index in [1.54, 1.807) is 47.4 Å². The monoisotopic (exact) mass is 354 g/mol. The van der Waals surface area contributed by atoms with Crippen LogP contribution in [0.15, 0.2) is 48.5 Å². The molecule has 7 heteroatoms. The molecule has 3 rings (SSSR count). The predicted molar refractivity (Wildman–Crippen MR) is 95.6 cm³/mol. The van der Waals surface area contributed by atoms with Gasteiger partial charge in [0.25, 0.3) is 0 Å². The second kappa shape index (κ2) is 7.24. The van der Waals surface area contributed by atoms with E-state index in [0.29, 0.717) is 35.1 Å². The van der Waals surface area contributed by atoms with Crippen molar-refractivity contribution in [3.8, 4) is 6.07 Å². The summed E-state index contributed by atoms with van der Waals surface area (Å²) in [5.74, 6) is -0.286. The first kappa shape index (κ1) is 16.8. The molecule has 1 N–H and O–H groups in total. The highest BCUT2D eigenvalue weighted by Crippen LogP contribution is 2.23. The Hall–Kier alpha value is -3.04. The van der Waals surface area contributed by atoms with Gasteiger partial charge in [-0.1, -0.05) is 17.7 Å². The van der Waals surface area contributed by atoms with Gasteiger partial charge in [0.05, 0.1) is 11.6 Å². The van der Waals surface area contributed by atoms with E-state index in [0.717, 1.165) is 0 Å². The summed E-state index contributed by atoms with van der Waals surface area (Å²) < 4.78 is 0. The highest BCUT2D eigenvalue weighted by Gasteiger charge is 2.30. The maximum Gasteiger partial charge on any atom is 0.325 e. The molecule has 0 saturated carbocycles. The number of hydrogen-bond donors (Lipinski definition) is 1. The van der Waals surface area contributed by atoms with Crippen LogP contribution in [0.1, 0.15) is 5.56 Å². The van der Waals surface area contributed by atoms with Crippen LogP contribution in [0, 0.1) is 11.3 Å². The fourth-order valence-electron chi connectivity index (χ4n) is 2.61. The van der Waals surface area contributed by atoms with Gasteiger partial charge < -0.3 is 10.2 Å². The summed E-state index contributed by atoms with van der Waals surface area (Å²) in [6.07, 6.45) is 0. The number of nitriles is 1. The van der Waals surface area contributed by atoms with Crippen molar-refractivity contribution in [2.45, 2.75) is 0 Å². The average Bonchev–Trinajstić information content (AvgIpc) is 2.96. The first-order valence-corrected chi connectivity index (χ1v) is 8.06. The third kappa shape index (κ3) is 3.90. The molecule has 2 aromatic rings. The molecule has 0 aromatic heterocycles. The third-order valence-corrected chi connectivity index (χ3v) is 4.08. The number of hydrogen-bond acceptors (Lipinski definition) is 3. The number of carbonyl (C=O) groups is 2. The van der Waals surface area contributed by atoms with Gasteiger partial charge in [0.15, 0.2) is 0 Å². The van der Waals surface area contributed by atoms with Crippen LogP contribution in [0.5, 0.6) is 0 Å². The van der Waals surface area contributed by atoms with Crippen molar-refractivity contribution in [3.05, 3.63) is 59.1 Å². The van der Waals surface area contributed by atoms with Gasteiger partial charge in [0.2, 0.25) is 5.91 Å². The average molecular weight is 355 g/mol. The van der Waals surface area contributed by atoms with Crippen LogP contribution in [-0.4, -0.2) is 36.5 Å². The molecule has 126 valence electrons. The van der Waals surface area contributed by atoms with Crippen molar-refractivity contribution < 1.29 is 9.59 Å². The SMILES string of the molecule is N#Cc1ccc(NC(=O)CN2CCN(c3cccc(Cl)c3)C2=O)cc1. The summed E-state index contributed by atoms with van der Waals surface area (Å²) in [4.78, 5) is 27.7. The second-order valence-corrected chi connectivity index (χ2v) is 6.01. The highest BCUT2D eigenvalue weighted by atomic mass is 35.5. The van der Waals surface area contributed by atoms with Crippen molar-refractivity contribution in [1.82, 2.24) is 4.90 Å². The second-order valence-electron chi connectivity index (χ2n) is 5.57. The van der Waals surface area contributed by atoms with E-state index < -0.39 is 0 Å². The number of benzene rings is 2. The Morgan fingerprint density at radius 2 is 1.96 bits per heavy atom. The minimum atomic E-state index is -0.286. The van der Waals surface area contributed by atoms with Crippen LogP contribution in [0.3, 0.4) is 0 Å². The lowest BCUT2D eigenvalue weighted by molar-refractivity contribution is -0.116. The normalized spacial score (nSPS) is 13.7. The van der Waals surface area contributed by atoms with Crippen LogP contribution in [0.2, 0.25) is 5.02 Å². The number of nitrogens with zero attached hydrogens (tertiary/aromatic N) is 3. The van der Waals surface area contributed by atoms with Gasteiger partial charge in [-0.2, -0.15) is 5.26 Å². The lowest BCUT2D eigenvalue weighted by Crippen LogP contribution is -2.37. The molecule has 1 heterocycles. The van der Waals surface area contributed by atoms with Crippen LogP contribution in [0.25, 0.3) is 0 Å². The van der Waals surface area contributed by atoms with E-state index in [-0.39, 0.29) is 18.5 Å². The summed E-state index contributed by atoms with van der Waals surface area (Å²) >= 11 is 5.97. The van der Waals surface area contributed by atoms with Crippen LogP contribution in [-0.2, 0) is 4.79 Å². The van der Waals surface area contributed by atoms with Gasteiger partial charge in [0, 0.05) is 29.5 Å². The molecule has 1 aliphatic heterocycles. The number of anilines is 2. The molecule has 3 amide bonds. The molecule has 1 fully saturated rings. The lowest BCUT2D eigenvalue weighted by atomic mass is 10.2. The molecule has 0 aliphatic carbocycles. The number of rotatable bonds is 4. The van der Waals surface area contributed by atoms with Crippen molar-refractivity contribution in [3.63, 3.8) is 0 Å². The number of carbonyl (C=O) groups excluding carboxylic acids is 2. The van der Waals surface area contributed by atoms with Gasteiger partial charge in [-0.05, 0) is 42.5 Å². The zero-order valence-corrected chi connectivity index (χ0v) is 14.0. The third-order valence-electron chi connectivity index (χ3n) is 3.85. The van der Waals surface area contributed by atoms with E-state index in [4.69, 9.17) is 16.9 Å². The Morgan fingerprint density at radius 3 is 2.64 bits per heavy atom. The van der Waals surface area contributed by atoms with Crippen molar-refractivity contribution in [2.24, 2.45) is 0 Å². The topological polar surface area (TPSA) is 76.4 Å². The summed E-state index contributed by atoms with van der Waals surface area (Å²) in [5.41, 5.74) is 1.82. The first-order valence-electron chi connectivity index (χ1n) is 7.69.